The first-order valence-corrected chi connectivity index (χ1v) is 9.69. The van der Waals surface area contributed by atoms with Crippen molar-refractivity contribution in [1.29, 1.82) is 0 Å². The number of ketones is 1. The Balaban J connectivity index is 1.87. The number of rotatable bonds is 4. The van der Waals surface area contributed by atoms with Crippen LogP contribution in [0.1, 0.15) is 51.9 Å². The Morgan fingerprint density at radius 1 is 1.20 bits per heavy atom. The molecular formula is C15H27NO3S. The van der Waals surface area contributed by atoms with E-state index in [1.165, 1.54) is 17.0 Å². The van der Waals surface area contributed by atoms with Crippen LogP contribution >= 0.6 is 0 Å². The van der Waals surface area contributed by atoms with E-state index in [4.69, 9.17) is 0 Å². The normalized spacial score (nSPS) is 33.0. The zero-order chi connectivity index (χ0) is 14.8. The first-order valence-electron chi connectivity index (χ1n) is 7.84. The molecule has 1 saturated heterocycles. The molecule has 0 radical (unpaired) electrons. The van der Waals surface area contributed by atoms with Gasteiger partial charge in [-0.15, -0.1) is 0 Å². The van der Waals surface area contributed by atoms with Gasteiger partial charge in [-0.05, 0) is 37.5 Å². The minimum absolute atomic E-state index is 0.225. The van der Waals surface area contributed by atoms with Crippen molar-refractivity contribution in [2.24, 2.45) is 17.8 Å². The summed E-state index contributed by atoms with van der Waals surface area (Å²) in [5.74, 6) is 1.49. The van der Waals surface area contributed by atoms with Crippen LogP contribution in [0.5, 0.6) is 0 Å². The summed E-state index contributed by atoms with van der Waals surface area (Å²) in [5, 5.41) is 0. The third-order valence-corrected chi connectivity index (χ3v) is 6.10. The number of Topliss-reactive ketones (excluding diaryl/α,β-unsaturated/α-hetero) is 1. The molecule has 0 amide bonds. The van der Waals surface area contributed by atoms with Gasteiger partial charge in [0.05, 0.1) is 6.26 Å². The number of carbonyl (C=O) groups excluding carboxylic acids is 1. The number of piperidine rings is 1. The molecule has 0 aromatic rings. The van der Waals surface area contributed by atoms with Crippen LogP contribution in [-0.2, 0) is 14.8 Å². The van der Waals surface area contributed by atoms with Crippen LogP contribution in [0.4, 0.5) is 0 Å². The summed E-state index contributed by atoms with van der Waals surface area (Å²) in [6.07, 6.45) is 8.18. The maximum atomic E-state index is 12.4. The Kier molecular flexibility index (Phi) is 5.24. The van der Waals surface area contributed by atoms with Gasteiger partial charge in [0.25, 0.3) is 0 Å². The fraction of sp³-hybridized carbons (Fsp3) is 0.933. The molecule has 4 nitrogen and oxygen atoms in total. The van der Waals surface area contributed by atoms with Crippen molar-refractivity contribution in [2.45, 2.75) is 51.9 Å². The minimum Gasteiger partial charge on any atom is -0.299 e. The molecule has 0 N–H and O–H groups in total. The Morgan fingerprint density at radius 3 is 2.60 bits per heavy atom. The lowest BCUT2D eigenvalue weighted by Crippen LogP contribution is -2.40. The molecule has 1 aliphatic carbocycles. The van der Waals surface area contributed by atoms with Crippen molar-refractivity contribution in [3.8, 4) is 0 Å². The van der Waals surface area contributed by atoms with Crippen LogP contribution in [0.25, 0.3) is 0 Å². The number of hydrogen-bond acceptors (Lipinski definition) is 3. The van der Waals surface area contributed by atoms with E-state index >= 15 is 0 Å². The van der Waals surface area contributed by atoms with Crippen LogP contribution in [0, 0.1) is 17.8 Å². The van der Waals surface area contributed by atoms with E-state index in [1.807, 2.05) is 0 Å². The Bertz CT molecular complexity index is 446. The van der Waals surface area contributed by atoms with E-state index in [0.29, 0.717) is 31.2 Å². The van der Waals surface area contributed by atoms with Crippen molar-refractivity contribution < 1.29 is 13.2 Å². The highest BCUT2D eigenvalue weighted by Crippen LogP contribution is 2.32. The second-order valence-electron chi connectivity index (χ2n) is 6.77. The third-order valence-electron chi connectivity index (χ3n) is 4.83. The molecule has 2 rings (SSSR count). The van der Waals surface area contributed by atoms with Gasteiger partial charge in [-0.2, -0.15) is 0 Å². The van der Waals surface area contributed by atoms with Crippen LogP contribution in [0.15, 0.2) is 0 Å². The molecule has 0 aromatic heterocycles. The lowest BCUT2D eigenvalue weighted by Gasteiger charge is -2.32. The molecule has 2 fully saturated rings. The summed E-state index contributed by atoms with van der Waals surface area (Å²) < 4.78 is 24.7. The van der Waals surface area contributed by atoms with Gasteiger partial charge in [0.15, 0.2) is 0 Å². The lowest BCUT2D eigenvalue weighted by molar-refractivity contribution is -0.125. The molecule has 0 spiro atoms. The maximum Gasteiger partial charge on any atom is 0.211 e. The molecule has 2 aliphatic rings. The summed E-state index contributed by atoms with van der Waals surface area (Å²) in [4.78, 5) is 12.4. The van der Waals surface area contributed by atoms with Crippen molar-refractivity contribution in [3.05, 3.63) is 0 Å². The monoisotopic (exact) mass is 301 g/mol. The van der Waals surface area contributed by atoms with Gasteiger partial charge in [-0.3, -0.25) is 4.79 Å². The average molecular weight is 301 g/mol. The predicted octanol–water partition coefficient (Wildman–Crippen LogP) is 2.44. The topological polar surface area (TPSA) is 54.5 Å². The Hall–Kier alpha value is -0.420. The van der Waals surface area contributed by atoms with Gasteiger partial charge in [0, 0.05) is 25.4 Å². The van der Waals surface area contributed by atoms with E-state index in [9.17, 15) is 13.2 Å². The number of hydrogen-bond donors (Lipinski definition) is 0. The maximum absolute atomic E-state index is 12.4. The molecule has 0 aromatic carbocycles. The van der Waals surface area contributed by atoms with E-state index < -0.39 is 10.0 Å². The molecule has 1 aliphatic heterocycles. The standard InChI is InChI=1S/C15H27NO3S/c1-12-5-3-7-14(9-12)15(17)10-13-6-4-8-16(11-13)20(2,18)19/h12-14H,3-11H2,1-2H3. The van der Waals surface area contributed by atoms with Crippen molar-refractivity contribution in [3.63, 3.8) is 0 Å². The fourth-order valence-electron chi connectivity index (χ4n) is 3.67. The van der Waals surface area contributed by atoms with Crippen LogP contribution in [0.2, 0.25) is 0 Å². The molecule has 5 heteroatoms. The SMILES string of the molecule is CC1CCCC(C(=O)CC2CCCN(S(C)(=O)=O)C2)C1. The van der Waals surface area contributed by atoms with Crippen LogP contribution < -0.4 is 0 Å². The molecule has 20 heavy (non-hydrogen) atoms. The summed E-state index contributed by atoms with van der Waals surface area (Å²) in [6, 6.07) is 0. The highest BCUT2D eigenvalue weighted by molar-refractivity contribution is 7.88. The predicted molar refractivity (Wildman–Crippen MR) is 79.9 cm³/mol. The van der Waals surface area contributed by atoms with E-state index in [0.717, 1.165) is 32.1 Å². The quantitative estimate of drug-likeness (QED) is 0.801. The molecule has 0 bridgehead atoms. The lowest BCUT2D eigenvalue weighted by atomic mass is 9.78. The van der Waals surface area contributed by atoms with Gasteiger partial charge in [0.1, 0.15) is 5.78 Å². The van der Waals surface area contributed by atoms with Gasteiger partial charge >= 0.3 is 0 Å². The molecule has 3 unspecified atom stereocenters. The Morgan fingerprint density at radius 2 is 1.95 bits per heavy atom. The minimum atomic E-state index is -3.11. The largest absolute Gasteiger partial charge is 0.299 e. The first kappa shape index (κ1) is 16.0. The zero-order valence-electron chi connectivity index (χ0n) is 12.7. The second kappa shape index (κ2) is 6.56. The first-order chi connectivity index (χ1) is 9.36. The number of nitrogens with zero attached hydrogens (tertiary/aromatic N) is 1. The van der Waals surface area contributed by atoms with Crippen molar-refractivity contribution in [2.75, 3.05) is 19.3 Å². The van der Waals surface area contributed by atoms with Gasteiger partial charge < -0.3 is 0 Å². The summed E-state index contributed by atoms with van der Waals surface area (Å²) in [5.41, 5.74) is 0. The van der Waals surface area contributed by atoms with Gasteiger partial charge in [-0.25, -0.2) is 12.7 Å². The van der Waals surface area contributed by atoms with Crippen molar-refractivity contribution >= 4 is 15.8 Å². The highest BCUT2D eigenvalue weighted by Gasteiger charge is 2.30. The zero-order valence-corrected chi connectivity index (χ0v) is 13.5. The molecule has 116 valence electrons. The second-order valence-corrected chi connectivity index (χ2v) is 8.75. The fourth-order valence-corrected chi connectivity index (χ4v) is 4.61. The summed E-state index contributed by atoms with van der Waals surface area (Å²) >= 11 is 0. The molecule has 1 heterocycles. The van der Waals surface area contributed by atoms with E-state index in [2.05, 4.69) is 6.92 Å². The van der Waals surface area contributed by atoms with Gasteiger partial charge in [0.2, 0.25) is 10.0 Å². The molecular weight excluding hydrogens is 274 g/mol. The van der Waals surface area contributed by atoms with E-state index in [-0.39, 0.29) is 11.8 Å². The van der Waals surface area contributed by atoms with Gasteiger partial charge in [-0.1, -0.05) is 19.8 Å². The summed E-state index contributed by atoms with van der Waals surface area (Å²) in [6.45, 7) is 3.38. The Labute approximate surface area is 123 Å². The smallest absolute Gasteiger partial charge is 0.211 e. The molecule has 3 atom stereocenters. The van der Waals surface area contributed by atoms with Crippen molar-refractivity contribution in [1.82, 2.24) is 4.31 Å². The highest BCUT2D eigenvalue weighted by atomic mass is 32.2. The number of carbonyl (C=O) groups is 1. The molecule has 1 saturated carbocycles. The summed E-state index contributed by atoms with van der Waals surface area (Å²) in [7, 11) is -3.11. The van der Waals surface area contributed by atoms with Crippen LogP contribution in [0.3, 0.4) is 0 Å². The average Bonchev–Trinajstić information content (AvgIpc) is 2.38. The third kappa shape index (κ3) is 4.29. The van der Waals surface area contributed by atoms with E-state index in [1.54, 1.807) is 0 Å². The van der Waals surface area contributed by atoms with Crippen LogP contribution in [-0.4, -0.2) is 37.9 Å². The number of sulfonamides is 1.